The van der Waals surface area contributed by atoms with Crippen LogP contribution in [-0.2, 0) is 6.54 Å². The van der Waals surface area contributed by atoms with Crippen LogP contribution in [0.4, 0.5) is 0 Å². The zero-order valence-corrected chi connectivity index (χ0v) is 11.2. The van der Waals surface area contributed by atoms with Crippen LogP contribution in [0.5, 0.6) is 0 Å². The third-order valence-electron chi connectivity index (χ3n) is 3.28. The van der Waals surface area contributed by atoms with Crippen LogP contribution in [0.1, 0.15) is 16.7 Å². The fourth-order valence-electron chi connectivity index (χ4n) is 2.41. The Morgan fingerprint density at radius 1 is 1.11 bits per heavy atom. The molecule has 0 saturated carbocycles. The van der Waals surface area contributed by atoms with Gasteiger partial charge in [0.1, 0.15) is 5.65 Å². The molecule has 3 nitrogen and oxygen atoms in total. The first-order chi connectivity index (χ1) is 9.15. The number of fused-ring (bicyclic) bond motifs is 1. The second-order valence-electron chi connectivity index (χ2n) is 5.01. The zero-order chi connectivity index (χ0) is 13.4. The summed E-state index contributed by atoms with van der Waals surface area (Å²) in [6.07, 6.45) is 4.07. The molecule has 0 fully saturated rings. The van der Waals surface area contributed by atoms with E-state index in [9.17, 15) is 0 Å². The second-order valence-corrected chi connectivity index (χ2v) is 5.01. The summed E-state index contributed by atoms with van der Waals surface area (Å²) in [7, 11) is 0. The van der Waals surface area contributed by atoms with E-state index in [-0.39, 0.29) is 0 Å². The van der Waals surface area contributed by atoms with Crippen molar-refractivity contribution in [1.82, 2.24) is 9.38 Å². The van der Waals surface area contributed by atoms with Crippen molar-refractivity contribution >= 4 is 5.65 Å². The number of rotatable bonds is 2. The minimum absolute atomic E-state index is 0.544. The summed E-state index contributed by atoms with van der Waals surface area (Å²) in [5.41, 5.74) is 12.4. The van der Waals surface area contributed by atoms with Crippen molar-refractivity contribution in [2.24, 2.45) is 5.73 Å². The third-order valence-corrected chi connectivity index (χ3v) is 3.28. The van der Waals surface area contributed by atoms with Gasteiger partial charge in [-0.25, -0.2) is 4.98 Å². The number of benzene rings is 1. The molecular formula is C16H17N3. The van der Waals surface area contributed by atoms with Crippen LogP contribution in [0.15, 0.2) is 42.7 Å². The molecule has 0 spiro atoms. The zero-order valence-electron chi connectivity index (χ0n) is 11.2. The molecule has 0 atom stereocenters. The predicted octanol–water partition coefficient (Wildman–Crippen LogP) is 3.08. The maximum atomic E-state index is 5.66. The fourth-order valence-corrected chi connectivity index (χ4v) is 2.41. The van der Waals surface area contributed by atoms with Crippen LogP contribution in [0.3, 0.4) is 0 Å². The topological polar surface area (TPSA) is 43.3 Å². The fraction of sp³-hybridized carbons (Fsp3) is 0.188. The maximum absolute atomic E-state index is 5.66. The molecule has 3 heteroatoms. The van der Waals surface area contributed by atoms with Gasteiger partial charge in [-0.15, -0.1) is 0 Å². The lowest BCUT2D eigenvalue weighted by Crippen LogP contribution is -1.96. The number of nitrogens with two attached hydrogens (primary N) is 1. The summed E-state index contributed by atoms with van der Waals surface area (Å²) in [4.78, 5) is 4.68. The van der Waals surface area contributed by atoms with E-state index in [4.69, 9.17) is 5.73 Å². The molecule has 2 N–H and O–H groups in total. The van der Waals surface area contributed by atoms with Crippen molar-refractivity contribution in [2.75, 3.05) is 0 Å². The first kappa shape index (κ1) is 11.9. The number of aromatic nitrogens is 2. The molecule has 0 saturated heterocycles. The molecule has 0 unspecified atom stereocenters. The van der Waals surface area contributed by atoms with Gasteiger partial charge in [0.15, 0.2) is 0 Å². The molecule has 2 heterocycles. The highest BCUT2D eigenvalue weighted by atomic mass is 15.0. The molecule has 0 aliphatic heterocycles. The summed E-state index contributed by atoms with van der Waals surface area (Å²) < 4.78 is 2.03. The lowest BCUT2D eigenvalue weighted by atomic mass is 10.1. The van der Waals surface area contributed by atoms with E-state index in [1.807, 2.05) is 22.7 Å². The van der Waals surface area contributed by atoms with Gasteiger partial charge in [0.2, 0.25) is 0 Å². The van der Waals surface area contributed by atoms with Crippen LogP contribution in [0.25, 0.3) is 16.9 Å². The number of imidazole rings is 1. The van der Waals surface area contributed by atoms with Gasteiger partial charge >= 0.3 is 0 Å². The largest absolute Gasteiger partial charge is 0.326 e. The van der Waals surface area contributed by atoms with Crippen molar-refractivity contribution in [3.05, 3.63) is 59.4 Å². The van der Waals surface area contributed by atoms with E-state index in [1.54, 1.807) is 0 Å². The number of pyridine rings is 1. The Balaban J connectivity index is 2.14. The summed E-state index contributed by atoms with van der Waals surface area (Å²) in [6.45, 7) is 4.76. The molecule has 0 radical (unpaired) electrons. The molecule has 0 aliphatic rings. The number of hydrogen-bond acceptors (Lipinski definition) is 2. The molecule has 3 rings (SSSR count). The van der Waals surface area contributed by atoms with Gasteiger partial charge in [-0.05, 0) is 43.7 Å². The van der Waals surface area contributed by atoms with Gasteiger partial charge in [0.25, 0.3) is 0 Å². The molecule has 0 aliphatic carbocycles. The Morgan fingerprint density at radius 3 is 2.53 bits per heavy atom. The summed E-state index contributed by atoms with van der Waals surface area (Å²) >= 11 is 0. The average Bonchev–Trinajstić information content (AvgIpc) is 2.80. The van der Waals surface area contributed by atoms with E-state index in [0.717, 1.165) is 22.5 Å². The van der Waals surface area contributed by atoms with Crippen LogP contribution >= 0.6 is 0 Å². The molecule has 0 bridgehead atoms. The predicted molar refractivity (Wildman–Crippen MR) is 78.0 cm³/mol. The van der Waals surface area contributed by atoms with Crippen molar-refractivity contribution < 1.29 is 0 Å². The van der Waals surface area contributed by atoms with Crippen LogP contribution in [0.2, 0.25) is 0 Å². The smallest absolute Gasteiger partial charge is 0.137 e. The Labute approximate surface area is 112 Å². The highest BCUT2D eigenvalue weighted by Crippen LogP contribution is 2.22. The van der Waals surface area contributed by atoms with E-state index >= 15 is 0 Å². The molecule has 19 heavy (non-hydrogen) atoms. The van der Waals surface area contributed by atoms with Gasteiger partial charge in [-0.2, -0.15) is 0 Å². The molecule has 0 amide bonds. The average molecular weight is 251 g/mol. The van der Waals surface area contributed by atoms with E-state index in [0.29, 0.717) is 6.54 Å². The molecule has 96 valence electrons. The van der Waals surface area contributed by atoms with E-state index < -0.39 is 0 Å². The van der Waals surface area contributed by atoms with Crippen molar-refractivity contribution in [3.8, 4) is 11.3 Å². The van der Waals surface area contributed by atoms with Crippen LogP contribution in [0, 0.1) is 13.8 Å². The first-order valence-electron chi connectivity index (χ1n) is 6.42. The van der Waals surface area contributed by atoms with Crippen LogP contribution in [-0.4, -0.2) is 9.38 Å². The van der Waals surface area contributed by atoms with Crippen molar-refractivity contribution in [1.29, 1.82) is 0 Å². The normalized spacial score (nSPS) is 11.1. The third kappa shape index (κ3) is 2.25. The van der Waals surface area contributed by atoms with Crippen molar-refractivity contribution in [3.63, 3.8) is 0 Å². The minimum Gasteiger partial charge on any atom is -0.326 e. The van der Waals surface area contributed by atoms with Crippen LogP contribution < -0.4 is 5.73 Å². The highest BCUT2D eigenvalue weighted by molar-refractivity contribution is 5.64. The first-order valence-corrected chi connectivity index (χ1v) is 6.42. The number of nitrogens with zero attached hydrogens (tertiary/aromatic N) is 2. The quantitative estimate of drug-likeness (QED) is 0.760. The minimum atomic E-state index is 0.544. The van der Waals surface area contributed by atoms with Gasteiger partial charge in [0.05, 0.1) is 5.69 Å². The molecular weight excluding hydrogens is 234 g/mol. The van der Waals surface area contributed by atoms with E-state index in [1.165, 1.54) is 11.1 Å². The maximum Gasteiger partial charge on any atom is 0.137 e. The Bertz CT molecular complexity index is 721. The lowest BCUT2D eigenvalue weighted by Gasteiger charge is -2.01. The highest BCUT2D eigenvalue weighted by Gasteiger charge is 2.06. The second kappa shape index (κ2) is 4.52. The van der Waals surface area contributed by atoms with Gasteiger partial charge in [-0.3, -0.25) is 0 Å². The molecule has 1 aromatic carbocycles. The Kier molecular flexibility index (Phi) is 2.84. The standard InChI is InChI=1S/C16H17N3/c1-11-5-12(2)7-14(6-11)15-10-19-4-3-13(9-17)8-16(19)18-15/h3-8,10H,9,17H2,1-2H3. The monoisotopic (exact) mass is 251 g/mol. The van der Waals surface area contributed by atoms with Gasteiger partial charge in [-0.1, -0.05) is 17.2 Å². The Morgan fingerprint density at radius 2 is 1.84 bits per heavy atom. The summed E-state index contributed by atoms with van der Waals surface area (Å²) in [5, 5.41) is 0. The summed E-state index contributed by atoms with van der Waals surface area (Å²) in [5.74, 6) is 0. The van der Waals surface area contributed by atoms with Crippen molar-refractivity contribution in [2.45, 2.75) is 20.4 Å². The van der Waals surface area contributed by atoms with E-state index in [2.05, 4.69) is 43.2 Å². The molecule has 2 aromatic heterocycles. The Hall–Kier alpha value is -2.13. The number of hydrogen-bond donors (Lipinski definition) is 1. The van der Waals surface area contributed by atoms with Gasteiger partial charge < -0.3 is 10.1 Å². The lowest BCUT2D eigenvalue weighted by molar-refractivity contribution is 1.05. The summed E-state index contributed by atoms with van der Waals surface area (Å²) in [6, 6.07) is 10.6. The van der Waals surface area contributed by atoms with Gasteiger partial charge in [0, 0.05) is 24.5 Å². The number of aryl methyl sites for hydroxylation is 2. The molecule has 3 aromatic rings. The SMILES string of the molecule is Cc1cc(C)cc(-c2cn3ccc(CN)cc3n2)c1.